The lowest BCUT2D eigenvalue weighted by Gasteiger charge is -2.19. The second kappa shape index (κ2) is 4.22. The molecule has 1 aliphatic heterocycles. The molecule has 1 aliphatic rings. The molecule has 1 fully saturated rings. The molecule has 0 radical (unpaired) electrons. The summed E-state index contributed by atoms with van der Waals surface area (Å²) in [5.74, 6) is -0.888. The quantitative estimate of drug-likeness (QED) is 0.720. The number of imide groups is 1. The second-order valence-corrected chi connectivity index (χ2v) is 5.35. The molecule has 84 valence electrons. The number of hydrogen-bond donors (Lipinski definition) is 1. The van der Waals surface area contributed by atoms with Crippen molar-refractivity contribution in [3.8, 4) is 0 Å². The van der Waals surface area contributed by atoms with E-state index in [1.807, 2.05) is 0 Å². The van der Waals surface area contributed by atoms with Gasteiger partial charge in [0.05, 0.1) is 6.42 Å². The standard InChI is InChI=1S/C9H13NO4S/c1-9(2,3)14-6(11)4-5-7(12)10-8(13)15-5/h5H,4H2,1-3H3,(H,10,12,13). The van der Waals surface area contributed by atoms with Crippen molar-refractivity contribution >= 4 is 28.9 Å². The Morgan fingerprint density at radius 1 is 1.47 bits per heavy atom. The van der Waals surface area contributed by atoms with Crippen LogP contribution in [0.25, 0.3) is 0 Å². The van der Waals surface area contributed by atoms with Crippen LogP contribution in [0, 0.1) is 0 Å². The van der Waals surface area contributed by atoms with Gasteiger partial charge in [-0.25, -0.2) is 0 Å². The zero-order valence-electron chi connectivity index (χ0n) is 8.83. The van der Waals surface area contributed by atoms with Gasteiger partial charge in [-0.3, -0.25) is 19.7 Å². The summed E-state index contributed by atoms with van der Waals surface area (Å²) in [6, 6.07) is 0. The Labute approximate surface area is 91.9 Å². The molecule has 1 unspecified atom stereocenters. The van der Waals surface area contributed by atoms with Crippen molar-refractivity contribution in [2.45, 2.75) is 38.0 Å². The van der Waals surface area contributed by atoms with Crippen molar-refractivity contribution in [1.29, 1.82) is 0 Å². The first-order chi connectivity index (χ1) is 6.78. The van der Waals surface area contributed by atoms with Crippen LogP contribution in [0.3, 0.4) is 0 Å². The Morgan fingerprint density at radius 3 is 2.47 bits per heavy atom. The largest absolute Gasteiger partial charge is 0.460 e. The SMILES string of the molecule is CC(C)(C)OC(=O)CC1SC(=O)NC1=O. The first kappa shape index (κ1) is 12.0. The van der Waals surface area contributed by atoms with Crippen LogP contribution in [0.15, 0.2) is 0 Å². The van der Waals surface area contributed by atoms with Crippen LogP contribution in [0.4, 0.5) is 4.79 Å². The smallest absolute Gasteiger partial charge is 0.307 e. The molecule has 1 saturated heterocycles. The maximum Gasteiger partial charge on any atom is 0.307 e. The van der Waals surface area contributed by atoms with E-state index in [2.05, 4.69) is 5.32 Å². The van der Waals surface area contributed by atoms with Gasteiger partial charge in [-0.05, 0) is 20.8 Å². The fourth-order valence-electron chi connectivity index (χ4n) is 1.06. The van der Waals surface area contributed by atoms with Crippen LogP contribution in [-0.4, -0.2) is 28.0 Å². The van der Waals surface area contributed by atoms with Gasteiger partial charge < -0.3 is 4.74 Å². The molecule has 15 heavy (non-hydrogen) atoms. The summed E-state index contributed by atoms with van der Waals surface area (Å²) in [6.07, 6.45) is -0.0699. The van der Waals surface area contributed by atoms with Gasteiger partial charge in [0.2, 0.25) is 5.91 Å². The minimum Gasteiger partial charge on any atom is -0.460 e. The molecule has 1 atom stereocenters. The monoisotopic (exact) mass is 231 g/mol. The Balaban J connectivity index is 2.45. The topological polar surface area (TPSA) is 72.5 Å². The Kier molecular flexibility index (Phi) is 3.38. The highest BCUT2D eigenvalue weighted by atomic mass is 32.2. The number of hydrogen-bond acceptors (Lipinski definition) is 5. The minimum absolute atomic E-state index is 0.0699. The molecule has 6 heteroatoms. The lowest BCUT2D eigenvalue weighted by atomic mass is 10.2. The van der Waals surface area contributed by atoms with Crippen LogP contribution < -0.4 is 5.32 Å². The van der Waals surface area contributed by atoms with Gasteiger partial charge in [0.25, 0.3) is 5.24 Å². The molecule has 0 aliphatic carbocycles. The molecule has 0 bridgehead atoms. The summed E-state index contributed by atoms with van der Waals surface area (Å²) in [6.45, 7) is 5.24. The predicted molar refractivity (Wildman–Crippen MR) is 55.4 cm³/mol. The summed E-state index contributed by atoms with van der Waals surface area (Å²) < 4.78 is 5.04. The average Bonchev–Trinajstić information content (AvgIpc) is 2.25. The number of amides is 2. The average molecular weight is 231 g/mol. The van der Waals surface area contributed by atoms with Gasteiger partial charge >= 0.3 is 5.97 Å². The summed E-state index contributed by atoms with van der Waals surface area (Å²) in [5, 5.41) is 1.06. The molecule has 0 saturated carbocycles. The van der Waals surface area contributed by atoms with Crippen LogP contribution in [0.5, 0.6) is 0 Å². The lowest BCUT2D eigenvalue weighted by Crippen LogP contribution is -2.29. The molecule has 1 N–H and O–H groups in total. The van der Waals surface area contributed by atoms with E-state index in [0.29, 0.717) is 0 Å². The molecule has 0 aromatic rings. The summed E-state index contributed by atoms with van der Waals surface area (Å²) in [7, 11) is 0. The minimum atomic E-state index is -0.646. The van der Waals surface area contributed by atoms with Gasteiger partial charge in [-0.15, -0.1) is 0 Å². The normalized spacial score (nSPS) is 21.4. The van der Waals surface area contributed by atoms with E-state index in [9.17, 15) is 14.4 Å². The van der Waals surface area contributed by atoms with Crippen molar-refractivity contribution in [2.24, 2.45) is 0 Å². The molecular formula is C9H13NO4S. The van der Waals surface area contributed by atoms with Gasteiger partial charge in [0, 0.05) is 0 Å². The number of ether oxygens (including phenoxy) is 1. The molecule has 2 amide bonds. The Hall–Kier alpha value is -1.04. The van der Waals surface area contributed by atoms with Gasteiger partial charge in [-0.2, -0.15) is 0 Å². The van der Waals surface area contributed by atoms with Crippen LogP contribution in [0.1, 0.15) is 27.2 Å². The number of carbonyl (C=O) groups excluding carboxylic acids is 3. The number of thioether (sulfide) groups is 1. The van der Waals surface area contributed by atoms with Crippen molar-refractivity contribution in [2.75, 3.05) is 0 Å². The van der Waals surface area contributed by atoms with Crippen molar-refractivity contribution in [1.82, 2.24) is 5.32 Å². The molecule has 0 aromatic heterocycles. The van der Waals surface area contributed by atoms with E-state index in [4.69, 9.17) is 4.74 Å². The molecule has 1 rings (SSSR count). The summed E-state index contributed by atoms with van der Waals surface area (Å²) in [5.41, 5.74) is -0.569. The molecule has 0 aromatic carbocycles. The summed E-state index contributed by atoms with van der Waals surface area (Å²) in [4.78, 5) is 33.3. The molecular weight excluding hydrogens is 218 g/mol. The zero-order valence-corrected chi connectivity index (χ0v) is 9.64. The van der Waals surface area contributed by atoms with Crippen molar-refractivity contribution < 1.29 is 19.1 Å². The van der Waals surface area contributed by atoms with E-state index in [1.165, 1.54) is 0 Å². The van der Waals surface area contributed by atoms with Crippen LogP contribution in [0.2, 0.25) is 0 Å². The van der Waals surface area contributed by atoms with Gasteiger partial charge in [0.1, 0.15) is 10.9 Å². The fourth-order valence-corrected chi connectivity index (χ4v) is 1.87. The number of rotatable bonds is 2. The third-order valence-corrected chi connectivity index (χ3v) is 2.52. The third-order valence-electron chi connectivity index (χ3n) is 1.54. The fraction of sp³-hybridized carbons (Fsp3) is 0.667. The van der Waals surface area contributed by atoms with E-state index < -0.39 is 28.0 Å². The maximum atomic E-state index is 11.3. The van der Waals surface area contributed by atoms with Gasteiger partial charge in [-0.1, -0.05) is 11.8 Å². The zero-order chi connectivity index (χ0) is 11.6. The summed E-state index contributed by atoms with van der Waals surface area (Å²) >= 11 is 0.828. The maximum absolute atomic E-state index is 11.3. The molecule has 1 heterocycles. The van der Waals surface area contributed by atoms with Crippen LogP contribution in [-0.2, 0) is 14.3 Å². The van der Waals surface area contributed by atoms with E-state index in [-0.39, 0.29) is 6.42 Å². The number of nitrogens with one attached hydrogen (secondary N) is 1. The van der Waals surface area contributed by atoms with Crippen molar-refractivity contribution in [3.63, 3.8) is 0 Å². The van der Waals surface area contributed by atoms with E-state index in [1.54, 1.807) is 20.8 Å². The lowest BCUT2D eigenvalue weighted by molar-refractivity contribution is -0.155. The second-order valence-electron chi connectivity index (χ2n) is 4.17. The first-order valence-corrected chi connectivity index (χ1v) is 5.39. The van der Waals surface area contributed by atoms with Crippen LogP contribution >= 0.6 is 11.8 Å². The first-order valence-electron chi connectivity index (χ1n) is 4.51. The van der Waals surface area contributed by atoms with Crippen molar-refractivity contribution in [3.05, 3.63) is 0 Å². The highest BCUT2D eigenvalue weighted by Crippen LogP contribution is 2.23. The predicted octanol–water partition coefficient (Wildman–Crippen LogP) is 1.07. The van der Waals surface area contributed by atoms with Gasteiger partial charge in [0.15, 0.2) is 0 Å². The van der Waals surface area contributed by atoms with E-state index >= 15 is 0 Å². The number of esters is 1. The molecule has 5 nitrogen and oxygen atoms in total. The Bertz CT molecular complexity index is 308. The third kappa shape index (κ3) is 3.91. The number of carbonyl (C=O) groups is 3. The highest BCUT2D eigenvalue weighted by molar-refractivity contribution is 8.15. The van der Waals surface area contributed by atoms with E-state index in [0.717, 1.165) is 11.8 Å². The molecule has 0 spiro atoms. The highest BCUT2D eigenvalue weighted by Gasteiger charge is 2.34. The Morgan fingerprint density at radius 2 is 2.07 bits per heavy atom.